The van der Waals surface area contributed by atoms with Gasteiger partial charge in [0.1, 0.15) is 5.82 Å². The van der Waals surface area contributed by atoms with Gasteiger partial charge in [-0.05, 0) is 74.1 Å². The number of aryl methyl sites for hydroxylation is 2. The fraction of sp³-hybridized carbons (Fsp3) is 0.158. The van der Waals surface area contributed by atoms with E-state index in [1.54, 1.807) is 12.1 Å². The van der Waals surface area contributed by atoms with Gasteiger partial charge in [0.25, 0.3) is 0 Å². The van der Waals surface area contributed by atoms with E-state index in [0.717, 1.165) is 34.9 Å². The first-order valence-corrected chi connectivity index (χ1v) is 8.34. The minimum atomic E-state index is -0.275. The molecular formula is C19H19FN4S. The van der Waals surface area contributed by atoms with Gasteiger partial charge in [-0.3, -0.25) is 4.68 Å². The van der Waals surface area contributed by atoms with Gasteiger partial charge >= 0.3 is 0 Å². The summed E-state index contributed by atoms with van der Waals surface area (Å²) < 4.78 is 14.9. The molecule has 1 heterocycles. The maximum atomic E-state index is 12.9. The van der Waals surface area contributed by atoms with Gasteiger partial charge in [0.2, 0.25) is 0 Å². The van der Waals surface area contributed by atoms with Crippen molar-refractivity contribution >= 4 is 28.7 Å². The first kappa shape index (κ1) is 17.1. The summed E-state index contributed by atoms with van der Waals surface area (Å²) in [6.45, 7) is 4.78. The van der Waals surface area contributed by atoms with E-state index < -0.39 is 0 Å². The van der Waals surface area contributed by atoms with Crippen molar-refractivity contribution in [2.75, 3.05) is 10.6 Å². The molecule has 6 heteroatoms. The number of hydrogen-bond donors (Lipinski definition) is 2. The van der Waals surface area contributed by atoms with Crippen LogP contribution >= 0.6 is 12.2 Å². The van der Waals surface area contributed by atoms with E-state index in [0.29, 0.717) is 5.11 Å². The molecule has 0 aliphatic carbocycles. The molecule has 0 spiro atoms. The van der Waals surface area contributed by atoms with Crippen molar-refractivity contribution in [1.29, 1.82) is 0 Å². The van der Waals surface area contributed by atoms with Crippen molar-refractivity contribution < 1.29 is 4.39 Å². The van der Waals surface area contributed by atoms with Crippen LogP contribution in [0.2, 0.25) is 0 Å². The lowest BCUT2D eigenvalue weighted by Crippen LogP contribution is -2.19. The number of aromatic nitrogens is 2. The molecule has 0 radical (unpaired) electrons. The number of hydrogen-bond acceptors (Lipinski definition) is 2. The molecule has 0 atom stereocenters. The second kappa shape index (κ2) is 7.44. The van der Waals surface area contributed by atoms with E-state index in [1.807, 2.05) is 35.9 Å². The normalized spacial score (nSPS) is 10.5. The lowest BCUT2D eigenvalue weighted by molar-refractivity contribution is 0.628. The Kier molecular flexibility index (Phi) is 5.09. The Hall–Kier alpha value is -2.73. The van der Waals surface area contributed by atoms with Gasteiger partial charge in [-0.2, -0.15) is 5.10 Å². The van der Waals surface area contributed by atoms with Crippen LogP contribution in [0.4, 0.5) is 15.8 Å². The maximum Gasteiger partial charge on any atom is 0.175 e. The van der Waals surface area contributed by atoms with Crippen LogP contribution in [0.5, 0.6) is 0 Å². The molecule has 25 heavy (non-hydrogen) atoms. The smallest absolute Gasteiger partial charge is 0.175 e. The number of nitrogens with zero attached hydrogens (tertiary/aromatic N) is 2. The Morgan fingerprint density at radius 3 is 2.08 bits per heavy atom. The zero-order chi connectivity index (χ0) is 17.8. The van der Waals surface area contributed by atoms with Gasteiger partial charge in [-0.15, -0.1) is 0 Å². The van der Waals surface area contributed by atoms with Crippen LogP contribution in [-0.4, -0.2) is 14.9 Å². The highest BCUT2D eigenvalue weighted by Gasteiger charge is 2.03. The van der Waals surface area contributed by atoms with Crippen molar-refractivity contribution in [3.63, 3.8) is 0 Å². The topological polar surface area (TPSA) is 41.9 Å². The molecule has 4 nitrogen and oxygen atoms in total. The fourth-order valence-electron chi connectivity index (χ4n) is 2.53. The molecule has 3 aromatic rings. The second-order valence-electron chi connectivity index (χ2n) is 5.87. The predicted molar refractivity (Wildman–Crippen MR) is 103 cm³/mol. The Labute approximate surface area is 151 Å². The molecule has 0 aliphatic rings. The van der Waals surface area contributed by atoms with Crippen LogP contribution in [0.3, 0.4) is 0 Å². The SMILES string of the molecule is Cc1cc(C)n(Cc2ccc(NC(=S)Nc3ccc(F)cc3)cc2)n1. The van der Waals surface area contributed by atoms with Crippen LogP contribution in [-0.2, 0) is 6.54 Å². The average molecular weight is 354 g/mol. The van der Waals surface area contributed by atoms with Gasteiger partial charge in [0.15, 0.2) is 5.11 Å². The predicted octanol–water partition coefficient (Wildman–Crippen LogP) is 4.50. The van der Waals surface area contributed by atoms with Crippen LogP contribution in [0.1, 0.15) is 17.0 Å². The van der Waals surface area contributed by atoms with Gasteiger partial charge in [0, 0.05) is 17.1 Å². The third-order valence-electron chi connectivity index (χ3n) is 3.75. The number of thiocarbonyl (C=S) groups is 1. The number of anilines is 2. The number of halogens is 1. The lowest BCUT2D eigenvalue weighted by Gasteiger charge is -2.11. The van der Waals surface area contributed by atoms with Crippen molar-refractivity contribution in [2.45, 2.75) is 20.4 Å². The summed E-state index contributed by atoms with van der Waals surface area (Å²) in [5.41, 5.74) is 4.95. The summed E-state index contributed by atoms with van der Waals surface area (Å²) in [5, 5.41) is 11.1. The third kappa shape index (κ3) is 4.64. The standard InChI is InChI=1S/C19H19FN4S/c1-13-11-14(2)24(23-13)12-15-3-7-17(8-4-15)21-19(25)22-18-9-5-16(20)6-10-18/h3-11H,12H2,1-2H3,(H2,21,22,25). The van der Waals surface area contributed by atoms with E-state index in [2.05, 4.69) is 28.7 Å². The summed E-state index contributed by atoms with van der Waals surface area (Å²) in [6.07, 6.45) is 0. The first-order valence-electron chi connectivity index (χ1n) is 7.93. The molecule has 128 valence electrons. The monoisotopic (exact) mass is 354 g/mol. The molecule has 1 aromatic heterocycles. The Bertz CT molecular complexity index is 869. The summed E-state index contributed by atoms with van der Waals surface area (Å²) in [6, 6.07) is 16.1. The van der Waals surface area contributed by atoms with Crippen molar-refractivity contribution in [3.05, 3.63) is 77.4 Å². The summed E-state index contributed by atoms with van der Waals surface area (Å²) in [4.78, 5) is 0. The van der Waals surface area contributed by atoms with Gasteiger partial charge in [-0.1, -0.05) is 12.1 Å². The molecule has 0 unspecified atom stereocenters. The van der Waals surface area contributed by atoms with E-state index in [9.17, 15) is 4.39 Å². The molecule has 2 N–H and O–H groups in total. The first-order chi connectivity index (χ1) is 12.0. The molecule has 0 fully saturated rings. The molecule has 2 aromatic carbocycles. The van der Waals surface area contributed by atoms with Crippen molar-refractivity contribution in [2.24, 2.45) is 0 Å². The molecule has 0 aliphatic heterocycles. The lowest BCUT2D eigenvalue weighted by atomic mass is 10.2. The van der Waals surface area contributed by atoms with Crippen molar-refractivity contribution in [1.82, 2.24) is 9.78 Å². The van der Waals surface area contributed by atoms with Crippen LogP contribution in [0.15, 0.2) is 54.6 Å². The van der Waals surface area contributed by atoms with Crippen LogP contribution < -0.4 is 10.6 Å². The molecule has 0 bridgehead atoms. The van der Waals surface area contributed by atoms with Crippen LogP contribution in [0.25, 0.3) is 0 Å². The highest BCUT2D eigenvalue weighted by atomic mass is 32.1. The average Bonchev–Trinajstić information content (AvgIpc) is 2.89. The maximum absolute atomic E-state index is 12.9. The van der Waals surface area contributed by atoms with Gasteiger partial charge in [0.05, 0.1) is 12.2 Å². The zero-order valence-corrected chi connectivity index (χ0v) is 14.9. The van der Waals surface area contributed by atoms with E-state index in [1.165, 1.54) is 12.1 Å². The minimum absolute atomic E-state index is 0.275. The molecule has 0 amide bonds. The van der Waals surface area contributed by atoms with E-state index >= 15 is 0 Å². The number of rotatable bonds is 4. The molecule has 0 saturated carbocycles. The minimum Gasteiger partial charge on any atom is -0.332 e. The van der Waals surface area contributed by atoms with Crippen molar-refractivity contribution in [3.8, 4) is 0 Å². The molecule has 3 rings (SSSR count). The van der Waals surface area contributed by atoms with E-state index in [4.69, 9.17) is 12.2 Å². The summed E-state index contributed by atoms with van der Waals surface area (Å²) in [5.74, 6) is -0.275. The quantitative estimate of drug-likeness (QED) is 0.677. The highest BCUT2D eigenvalue weighted by molar-refractivity contribution is 7.80. The Balaban J connectivity index is 1.59. The Morgan fingerprint density at radius 1 is 1.00 bits per heavy atom. The largest absolute Gasteiger partial charge is 0.332 e. The Morgan fingerprint density at radius 2 is 1.56 bits per heavy atom. The molecular weight excluding hydrogens is 335 g/mol. The number of benzene rings is 2. The summed E-state index contributed by atoms with van der Waals surface area (Å²) >= 11 is 5.28. The van der Waals surface area contributed by atoms with Gasteiger partial charge in [-0.25, -0.2) is 4.39 Å². The fourth-order valence-corrected chi connectivity index (χ4v) is 2.76. The van der Waals surface area contributed by atoms with E-state index in [-0.39, 0.29) is 5.82 Å². The van der Waals surface area contributed by atoms with Gasteiger partial charge < -0.3 is 10.6 Å². The highest BCUT2D eigenvalue weighted by Crippen LogP contribution is 2.14. The zero-order valence-electron chi connectivity index (χ0n) is 14.1. The third-order valence-corrected chi connectivity index (χ3v) is 3.95. The number of nitrogens with one attached hydrogen (secondary N) is 2. The second-order valence-corrected chi connectivity index (χ2v) is 6.28. The molecule has 0 saturated heterocycles. The van der Waals surface area contributed by atoms with Crippen LogP contribution in [0, 0.1) is 19.7 Å². The summed E-state index contributed by atoms with van der Waals surface area (Å²) in [7, 11) is 0.